The number of nitrogens with zero attached hydrogens (tertiary/aromatic N) is 1. The molecule has 1 fully saturated rings. The minimum atomic E-state index is -0.292. The number of fused-ring (bicyclic) bond motifs is 1. The Morgan fingerprint density at radius 3 is 2.59 bits per heavy atom. The van der Waals surface area contributed by atoms with Crippen LogP contribution >= 0.6 is 11.3 Å². The molecule has 2 aliphatic rings. The van der Waals surface area contributed by atoms with E-state index in [1.54, 1.807) is 11.3 Å². The SMILES string of the molecule is CCOC(=O)c1c(NC(=NC2CCCCC2)NC(C)=O)sc2c1CCCC2. The van der Waals surface area contributed by atoms with Crippen molar-refractivity contribution in [2.75, 3.05) is 11.9 Å². The quantitative estimate of drug-likeness (QED) is 0.461. The fraction of sp³-hybridized carbons (Fsp3) is 0.650. The molecule has 6 nitrogen and oxygen atoms in total. The Hall–Kier alpha value is -1.89. The maximum Gasteiger partial charge on any atom is 0.341 e. The molecule has 0 aromatic carbocycles. The third kappa shape index (κ3) is 5.09. The lowest BCUT2D eigenvalue weighted by molar-refractivity contribution is -0.117. The molecule has 0 bridgehead atoms. The van der Waals surface area contributed by atoms with E-state index in [1.165, 1.54) is 31.1 Å². The molecule has 1 aromatic rings. The number of ether oxygens (including phenoxy) is 1. The molecule has 0 unspecified atom stereocenters. The second-order valence-corrected chi connectivity index (χ2v) is 8.32. The summed E-state index contributed by atoms with van der Waals surface area (Å²) in [7, 11) is 0. The molecule has 0 aliphatic heterocycles. The molecule has 1 amide bonds. The molecule has 1 aromatic heterocycles. The fourth-order valence-corrected chi connectivity index (χ4v) is 5.11. The maximum absolute atomic E-state index is 12.6. The minimum Gasteiger partial charge on any atom is -0.462 e. The van der Waals surface area contributed by atoms with Gasteiger partial charge >= 0.3 is 5.97 Å². The van der Waals surface area contributed by atoms with E-state index in [0.29, 0.717) is 18.1 Å². The number of nitrogens with one attached hydrogen (secondary N) is 2. The summed E-state index contributed by atoms with van der Waals surface area (Å²) in [5, 5.41) is 6.81. The van der Waals surface area contributed by atoms with Gasteiger partial charge in [-0.25, -0.2) is 9.79 Å². The number of aliphatic imine (C=N–C) groups is 1. The van der Waals surface area contributed by atoms with Gasteiger partial charge in [0.15, 0.2) is 0 Å². The summed E-state index contributed by atoms with van der Waals surface area (Å²) in [5.41, 5.74) is 1.73. The number of thiophene rings is 1. The van der Waals surface area contributed by atoms with Crippen LogP contribution in [-0.4, -0.2) is 30.5 Å². The van der Waals surface area contributed by atoms with Crippen LogP contribution in [0.25, 0.3) is 0 Å². The van der Waals surface area contributed by atoms with E-state index in [9.17, 15) is 9.59 Å². The number of hydrogen-bond donors (Lipinski definition) is 2. The van der Waals surface area contributed by atoms with Gasteiger partial charge in [0, 0.05) is 11.8 Å². The number of hydrogen-bond acceptors (Lipinski definition) is 5. The minimum absolute atomic E-state index is 0.170. The van der Waals surface area contributed by atoms with Crippen molar-refractivity contribution < 1.29 is 14.3 Å². The second-order valence-electron chi connectivity index (χ2n) is 7.21. The van der Waals surface area contributed by atoms with Crippen LogP contribution in [-0.2, 0) is 22.4 Å². The van der Waals surface area contributed by atoms with E-state index in [4.69, 9.17) is 9.73 Å². The summed E-state index contributed by atoms with van der Waals surface area (Å²) in [6.45, 7) is 3.64. The van der Waals surface area contributed by atoms with Crippen molar-refractivity contribution in [2.24, 2.45) is 4.99 Å². The Bertz CT molecular complexity index is 720. The molecule has 2 aliphatic carbocycles. The summed E-state index contributed by atoms with van der Waals surface area (Å²) in [5.74, 6) is -0.0196. The molecular weight excluding hydrogens is 362 g/mol. The van der Waals surface area contributed by atoms with Crippen LogP contribution in [0.2, 0.25) is 0 Å². The van der Waals surface area contributed by atoms with Gasteiger partial charge in [0.2, 0.25) is 11.9 Å². The normalized spacial score (nSPS) is 17.9. The topological polar surface area (TPSA) is 79.8 Å². The Balaban J connectivity index is 1.90. The van der Waals surface area contributed by atoms with Crippen LogP contribution in [0.1, 0.15) is 79.6 Å². The molecule has 148 valence electrons. The third-order valence-electron chi connectivity index (χ3n) is 5.06. The van der Waals surface area contributed by atoms with Crippen molar-refractivity contribution in [1.29, 1.82) is 0 Å². The second kappa shape index (κ2) is 9.35. The molecular formula is C20H29N3O3S. The molecule has 1 saturated carbocycles. The number of carbonyl (C=O) groups excluding carboxylic acids is 2. The lowest BCUT2D eigenvalue weighted by Crippen LogP contribution is -2.36. The smallest absolute Gasteiger partial charge is 0.341 e. The highest BCUT2D eigenvalue weighted by Crippen LogP contribution is 2.38. The van der Waals surface area contributed by atoms with E-state index >= 15 is 0 Å². The summed E-state index contributed by atoms with van der Waals surface area (Å²) in [6, 6.07) is 0.216. The van der Waals surface area contributed by atoms with E-state index in [2.05, 4.69) is 10.6 Å². The van der Waals surface area contributed by atoms with Gasteiger partial charge in [0.05, 0.1) is 18.2 Å². The van der Waals surface area contributed by atoms with Crippen molar-refractivity contribution in [2.45, 2.75) is 77.7 Å². The Morgan fingerprint density at radius 2 is 1.89 bits per heavy atom. The Morgan fingerprint density at radius 1 is 1.15 bits per heavy atom. The van der Waals surface area contributed by atoms with E-state index < -0.39 is 0 Å². The summed E-state index contributed by atoms with van der Waals surface area (Å²) >= 11 is 1.59. The maximum atomic E-state index is 12.6. The number of rotatable bonds is 4. The van der Waals surface area contributed by atoms with Gasteiger partial charge in [-0.1, -0.05) is 19.3 Å². The molecule has 1 heterocycles. The fourth-order valence-electron chi connectivity index (χ4n) is 3.84. The van der Waals surface area contributed by atoms with Gasteiger partial charge in [0.1, 0.15) is 5.00 Å². The highest BCUT2D eigenvalue weighted by Gasteiger charge is 2.27. The van der Waals surface area contributed by atoms with Gasteiger partial charge in [-0.2, -0.15) is 0 Å². The van der Waals surface area contributed by atoms with Crippen LogP contribution in [0.4, 0.5) is 5.00 Å². The number of esters is 1. The first kappa shape index (κ1) is 19.9. The molecule has 0 saturated heterocycles. The van der Waals surface area contributed by atoms with Gasteiger partial charge in [-0.05, 0) is 51.0 Å². The lowest BCUT2D eigenvalue weighted by Gasteiger charge is -2.20. The first-order chi connectivity index (χ1) is 13.1. The van der Waals surface area contributed by atoms with E-state index in [0.717, 1.165) is 49.1 Å². The standard InChI is InChI=1S/C20H29N3O3S/c1-3-26-19(25)17-15-11-7-8-12-16(15)27-18(17)23-20(21-13(2)24)22-14-9-5-4-6-10-14/h14H,3-12H2,1-2H3,(H2,21,22,23,24). The zero-order valence-corrected chi connectivity index (χ0v) is 17.0. The van der Waals surface area contributed by atoms with Crippen LogP contribution in [0.15, 0.2) is 4.99 Å². The van der Waals surface area contributed by atoms with Gasteiger partial charge in [-0.3, -0.25) is 10.1 Å². The average Bonchev–Trinajstić information content (AvgIpc) is 3.00. The molecule has 0 radical (unpaired) electrons. The van der Waals surface area contributed by atoms with Gasteiger partial charge < -0.3 is 10.1 Å². The van der Waals surface area contributed by atoms with Crippen molar-refractivity contribution in [3.05, 3.63) is 16.0 Å². The summed E-state index contributed by atoms with van der Waals surface area (Å²) in [6.07, 6.45) is 9.78. The Kier molecular flexibility index (Phi) is 6.88. The van der Waals surface area contributed by atoms with Crippen molar-refractivity contribution in [1.82, 2.24) is 5.32 Å². The summed E-state index contributed by atoms with van der Waals surface area (Å²) in [4.78, 5) is 30.3. The highest BCUT2D eigenvalue weighted by molar-refractivity contribution is 7.17. The molecule has 2 N–H and O–H groups in total. The zero-order valence-electron chi connectivity index (χ0n) is 16.2. The number of guanidine groups is 1. The van der Waals surface area contributed by atoms with Crippen LogP contribution in [0, 0.1) is 0 Å². The van der Waals surface area contributed by atoms with Crippen LogP contribution in [0.5, 0.6) is 0 Å². The zero-order chi connectivity index (χ0) is 19.2. The molecule has 3 rings (SSSR count). The van der Waals surface area contributed by atoms with Gasteiger partial charge in [-0.15, -0.1) is 11.3 Å². The largest absolute Gasteiger partial charge is 0.462 e. The van der Waals surface area contributed by atoms with Gasteiger partial charge in [0.25, 0.3) is 0 Å². The third-order valence-corrected chi connectivity index (χ3v) is 6.27. The summed E-state index contributed by atoms with van der Waals surface area (Å²) < 4.78 is 5.31. The van der Waals surface area contributed by atoms with Crippen molar-refractivity contribution in [3.8, 4) is 0 Å². The molecule has 0 spiro atoms. The predicted molar refractivity (Wildman–Crippen MR) is 109 cm³/mol. The van der Waals surface area contributed by atoms with E-state index in [1.807, 2.05) is 6.92 Å². The van der Waals surface area contributed by atoms with Crippen molar-refractivity contribution in [3.63, 3.8) is 0 Å². The van der Waals surface area contributed by atoms with Crippen molar-refractivity contribution >= 4 is 34.2 Å². The molecule has 27 heavy (non-hydrogen) atoms. The molecule has 0 atom stereocenters. The Labute approximate surface area is 164 Å². The number of carbonyl (C=O) groups is 2. The number of anilines is 1. The van der Waals surface area contributed by atoms with Crippen LogP contribution in [0.3, 0.4) is 0 Å². The van der Waals surface area contributed by atoms with Crippen LogP contribution < -0.4 is 10.6 Å². The number of amides is 1. The van der Waals surface area contributed by atoms with E-state index in [-0.39, 0.29) is 17.9 Å². The highest BCUT2D eigenvalue weighted by atomic mass is 32.1. The monoisotopic (exact) mass is 391 g/mol. The lowest BCUT2D eigenvalue weighted by atomic mass is 9.95. The first-order valence-corrected chi connectivity index (χ1v) is 10.8. The number of aryl methyl sites for hydroxylation is 1. The first-order valence-electron chi connectivity index (χ1n) is 10.0. The predicted octanol–water partition coefficient (Wildman–Crippen LogP) is 4.04. The molecule has 7 heteroatoms. The average molecular weight is 392 g/mol.